The second-order valence-corrected chi connectivity index (χ2v) is 7.48. The maximum atomic E-state index is 12.5. The molecule has 0 spiro atoms. The van der Waals surface area contributed by atoms with Gasteiger partial charge >= 0.3 is 0 Å². The Balaban J connectivity index is 1.52. The number of ether oxygens (including phenoxy) is 1. The molecule has 1 aliphatic carbocycles. The Morgan fingerprint density at radius 2 is 2.25 bits per heavy atom. The van der Waals surface area contributed by atoms with Crippen LogP contribution >= 0.6 is 11.3 Å². The lowest BCUT2D eigenvalue weighted by Gasteiger charge is -2.38. The van der Waals surface area contributed by atoms with E-state index in [0.29, 0.717) is 12.3 Å². The number of hydrogen-bond donors (Lipinski definition) is 2. The van der Waals surface area contributed by atoms with E-state index in [1.807, 2.05) is 29.0 Å². The van der Waals surface area contributed by atoms with Gasteiger partial charge in [0.05, 0.1) is 25.2 Å². The van der Waals surface area contributed by atoms with Gasteiger partial charge in [0.15, 0.2) is 0 Å². The molecule has 1 atom stereocenters. The summed E-state index contributed by atoms with van der Waals surface area (Å²) >= 11 is 1.61. The number of fused-ring (bicyclic) bond motifs is 1. The van der Waals surface area contributed by atoms with Crippen LogP contribution in [-0.2, 0) is 17.6 Å². The molecule has 0 bridgehead atoms. The summed E-state index contributed by atoms with van der Waals surface area (Å²) in [7, 11) is 0. The predicted octanol–water partition coefficient (Wildman–Crippen LogP) is 2.85. The zero-order valence-corrected chi connectivity index (χ0v) is 14.2. The van der Waals surface area contributed by atoms with Crippen molar-refractivity contribution in [3.8, 4) is 5.75 Å². The van der Waals surface area contributed by atoms with Crippen LogP contribution in [0.4, 0.5) is 0 Å². The molecule has 2 aromatic rings. The molecule has 24 heavy (non-hydrogen) atoms. The first-order valence-corrected chi connectivity index (χ1v) is 9.37. The highest BCUT2D eigenvalue weighted by Crippen LogP contribution is 2.39. The number of aliphatic hydroxyl groups excluding tert-OH is 1. The standard InChI is InChI=1S/C19H21NO3S/c21-16-9-15(10-16)19(20-18(22)7-12-4-6-24-11-12)14-1-2-17-13(8-14)3-5-23-17/h1-2,4,6,8,11,15-16,19,21H,3,5,7,9-10H2,(H,20,22)/t15?,16?,19-/m0/s1. The highest BCUT2D eigenvalue weighted by molar-refractivity contribution is 7.08. The number of rotatable bonds is 5. The minimum Gasteiger partial charge on any atom is -0.493 e. The molecule has 4 rings (SSSR count). The topological polar surface area (TPSA) is 58.6 Å². The van der Waals surface area contributed by atoms with Crippen molar-refractivity contribution in [1.29, 1.82) is 0 Å². The van der Waals surface area contributed by atoms with Gasteiger partial charge in [-0.1, -0.05) is 6.07 Å². The number of benzene rings is 1. The van der Waals surface area contributed by atoms with Crippen LogP contribution in [-0.4, -0.2) is 23.7 Å². The molecule has 1 fully saturated rings. The maximum Gasteiger partial charge on any atom is 0.224 e. The molecule has 4 nitrogen and oxygen atoms in total. The normalized spacial score (nSPS) is 23.0. The highest BCUT2D eigenvalue weighted by atomic mass is 32.1. The summed E-state index contributed by atoms with van der Waals surface area (Å²) in [5.74, 6) is 1.29. The Labute approximate surface area is 145 Å². The molecule has 0 saturated heterocycles. The number of carbonyl (C=O) groups excluding carboxylic acids is 1. The van der Waals surface area contributed by atoms with Gasteiger partial charge in [0.25, 0.3) is 0 Å². The average Bonchev–Trinajstić information content (AvgIpc) is 3.20. The van der Waals surface area contributed by atoms with Crippen molar-refractivity contribution in [2.75, 3.05) is 6.61 Å². The quantitative estimate of drug-likeness (QED) is 0.878. The molecule has 1 aliphatic heterocycles. The Kier molecular flexibility index (Phi) is 4.29. The van der Waals surface area contributed by atoms with Crippen molar-refractivity contribution in [2.24, 2.45) is 5.92 Å². The van der Waals surface area contributed by atoms with Gasteiger partial charge in [0.1, 0.15) is 5.75 Å². The van der Waals surface area contributed by atoms with Gasteiger partial charge in [0, 0.05) is 6.42 Å². The molecule has 0 unspecified atom stereocenters. The van der Waals surface area contributed by atoms with E-state index in [1.54, 1.807) is 11.3 Å². The minimum atomic E-state index is -0.232. The SMILES string of the molecule is O=C(Cc1ccsc1)N[C@@H](c1ccc2c(c1)CCO2)C1CC(O)C1. The van der Waals surface area contributed by atoms with Crippen molar-refractivity contribution >= 4 is 17.2 Å². The Morgan fingerprint density at radius 3 is 3.00 bits per heavy atom. The lowest BCUT2D eigenvalue weighted by Crippen LogP contribution is -2.41. The molecule has 2 heterocycles. The van der Waals surface area contributed by atoms with E-state index in [1.165, 1.54) is 5.56 Å². The van der Waals surface area contributed by atoms with Crippen LogP contribution in [0.2, 0.25) is 0 Å². The fraction of sp³-hybridized carbons (Fsp3) is 0.421. The van der Waals surface area contributed by atoms with Crippen molar-refractivity contribution in [2.45, 2.75) is 37.8 Å². The summed E-state index contributed by atoms with van der Waals surface area (Å²) in [4.78, 5) is 12.5. The van der Waals surface area contributed by atoms with E-state index in [-0.39, 0.29) is 18.1 Å². The fourth-order valence-electron chi connectivity index (χ4n) is 3.58. The fourth-order valence-corrected chi connectivity index (χ4v) is 4.25. The average molecular weight is 343 g/mol. The first kappa shape index (κ1) is 15.7. The van der Waals surface area contributed by atoms with Crippen LogP contribution in [0.1, 0.15) is 35.6 Å². The molecule has 0 radical (unpaired) electrons. The summed E-state index contributed by atoms with van der Waals surface area (Å²) in [6.07, 6.45) is 2.59. The maximum absolute atomic E-state index is 12.5. The van der Waals surface area contributed by atoms with Crippen LogP contribution in [0.15, 0.2) is 35.0 Å². The summed E-state index contributed by atoms with van der Waals surface area (Å²) in [5.41, 5.74) is 3.38. The smallest absolute Gasteiger partial charge is 0.224 e. The second kappa shape index (κ2) is 6.57. The Bertz CT molecular complexity index is 722. The van der Waals surface area contributed by atoms with Gasteiger partial charge in [-0.15, -0.1) is 0 Å². The van der Waals surface area contributed by atoms with Gasteiger partial charge in [-0.05, 0) is 64.4 Å². The third kappa shape index (κ3) is 3.19. The summed E-state index contributed by atoms with van der Waals surface area (Å²) in [5, 5.41) is 16.9. The summed E-state index contributed by atoms with van der Waals surface area (Å²) in [6, 6.07) is 8.15. The molecular formula is C19H21NO3S. The Morgan fingerprint density at radius 1 is 1.38 bits per heavy atom. The van der Waals surface area contributed by atoms with Crippen molar-refractivity contribution in [1.82, 2.24) is 5.32 Å². The summed E-state index contributed by atoms with van der Waals surface area (Å²) in [6.45, 7) is 0.732. The van der Waals surface area contributed by atoms with Crippen LogP contribution in [0.25, 0.3) is 0 Å². The highest BCUT2D eigenvalue weighted by Gasteiger charge is 2.36. The van der Waals surface area contributed by atoms with Crippen molar-refractivity contribution in [3.05, 3.63) is 51.7 Å². The zero-order chi connectivity index (χ0) is 16.5. The number of nitrogens with one attached hydrogen (secondary N) is 1. The number of thiophene rings is 1. The van der Waals surface area contributed by atoms with Crippen LogP contribution < -0.4 is 10.1 Å². The number of hydrogen-bond acceptors (Lipinski definition) is 4. The third-order valence-corrected chi connectivity index (χ3v) is 5.69. The largest absolute Gasteiger partial charge is 0.493 e. The van der Waals surface area contributed by atoms with Crippen molar-refractivity contribution in [3.63, 3.8) is 0 Å². The van der Waals surface area contributed by atoms with E-state index >= 15 is 0 Å². The molecule has 1 saturated carbocycles. The van der Waals surface area contributed by atoms with E-state index in [9.17, 15) is 9.90 Å². The molecule has 1 amide bonds. The molecule has 126 valence electrons. The van der Waals surface area contributed by atoms with E-state index < -0.39 is 0 Å². The van der Waals surface area contributed by atoms with Gasteiger partial charge in [0.2, 0.25) is 5.91 Å². The lowest BCUT2D eigenvalue weighted by molar-refractivity contribution is -0.122. The van der Waals surface area contributed by atoms with Gasteiger partial charge in [-0.25, -0.2) is 0 Å². The van der Waals surface area contributed by atoms with E-state index in [0.717, 1.165) is 42.7 Å². The van der Waals surface area contributed by atoms with E-state index in [4.69, 9.17) is 4.74 Å². The van der Waals surface area contributed by atoms with Crippen LogP contribution in [0.5, 0.6) is 5.75 Å². The van der Waals surface area contributed by atoms with E-state index in [2.05, 4.69) is 11.4 Å². The third-order valence-electron chi connectivity index (χ3n) is 4.95. The second-order valence-electron chi connectivity index (χ2n) is 6.70. The van der Waals surface area contributed by atoms with Gasteiger partial charge in [-0.2, -0.15) is 11.3 Å². The first-order valence-electron chi connectivity index (χ1n) is 8.43. The van der Waals surface area contributed by atoms with Crippen LogP contribution in [0.3, 0.4) is 0 Å². The molecular weight excluding hydrogens is 322 g/mol. The zero-order valence-electron chi connectivity index (χ0n) is 13.4. The first-order chi connectivity index (χ1) is 11.7. The van der Waals surface area contributed by atoms with Crippen LogP contribution in [0, 0.1) is 5.92 Å². The predicted molar refractivity (Wildman–Crippen MR) is 93.3 cm³/mol. The monoisotopic (exact) mass is 343 g/mol. The number of amides is 1. The molecule has 5 heteroatoms. The molecule has 2 aliphatic rings. The molecule has 1 aromatic carbocycles. The van der Waals surface area contributed by atoms with Gasteiger partial charge < -0.3 is 15.2 Å². The lowest BCUT2D eigenvalue weighted by atomic mass is 9.74. The van der Waals surface area contributed by atoms with Crippen molar-refractivity contribution < 1.29 is 14.6 Å². The Hall–Kier alpha value is -1.85. The number of carbonyl (C=O) groups is 1. The minimum absolute atomic E-state index is 0.0366. The summed E-state index contributed by atoms with van der Waals surface area (Å²) < 4.78 is 5.58. The molecule has 1 aromatic heterocycles. The van der Waals surface area contributed by atoms with Gasteiger partial charge in [-0.3, -0.25) is 4.79 Å². The molecule has 2 N–H and O–H groups in total. The number of aliphatic hydroxyl groups is 1.